The summed E-state index contributed by atoms with van der Waals surface area (Å²) >= 11 is 0. The third-order valence-corrected chi connectivity index (χ3v) is 5.30. The minimum absolute atomic E-state index is 0.701. The number of nitrogens with one attached hydrogen (secondary N) is 1. The summed E-state index contributed by atoms with van der Waals surface area (Å²) in [5.41, 5.74) is 0. The van der Waals surface area contributed by atoms with Gasteiger partial charge in [-0.2, -0.15) is 0 Å². The summed E-state index contributed by atoms with van der Waals surface area (Å²) in [6, 6.07) is 1.42. The molecule has 0 aromatic heterocycles. The van der Waals surface area contributed by atoms with Gasteiger partial charge in [-0.3, -0.25) is 4.90 Å². The molecule has 1 aliphatic heterocycles. The molecule has 118 valence electrons. The Bertz CT molecular complexity index is 263. The summed E-state index contributed by atoms with van der Waals surface area (Å²) in [5.74, 6) is 0.914. The molecule has 0 bridgehead atoms. The summed E-state index contributed by atoms with van der Waals surface area (Å²) < 4.78 is 0. The molecule has 2 atom stereocenters. The molecular weight excluding hydrogens is 246 g/mol. The van der Waals surface area contributed by atoms with E-state index in [4.69, 9.17) is 0 Å². The number of hydrogen-bond donors (Lipinski definition) is 1. The molecule has 0 aromatic carbocycles. The van der Waals surface area contributed by atoms with Crippen LogP contribution in [0, 0.1) is 5.92 Å². The number of likely N-dealkylation sites (N-methyl/N-ethyl adjacent to an activating group) is 2. The van der Waals surface area contributed by atoms with Crippen LogP contribution in [0.25, 0.3) is 0 Å². The van der Waals surface area contributed by atoms with Gasteiger partial charge in [-0.1, -0.05) is 26.2 Å². The predicted octanol–water partition coefficient (Wildman–Crippen LogP) is 2.57. The molecule has 1 aliphatic carbocycles. The zero-order valence-corrected chi connectivity index (χ0v) is 13.9. The Labute approximate surface area is 126 Å². The van der Waals surface area contributed by atoms with E-state index in [2.05, 4.69) is 36.0 Å². The Hall–Kier alpha value is -0.120. The highest BCUT2D eigenvalue weighted by Crippen LogP contribution is 2.27. The van der Waals surface area contributed by atoms with Crippen molar-refractivity contribution in [1.82, 2.24) is 15.1 Å². The van der Waals surface area contributed by atoms with E-state index in [1.807, 2.05) is 0 Å². The van der Waals surface area contributed by atoms with Crippen LogP contribution in [-0.2, 0) is 0 Å². The monoisotopic (exact) mass is 281 g/mol. The fourth-order valence-electron chi connectivity index (χ4n) is 4.12. The molecule has 3 heteroatoms. The molecule has 1 saturated carbocycles. The second-order valence-corrected chi connectivity index (χ2v) is 7.02. The first kappa shape index (κ1) is 16.3. The van der Waals surface area contributed by atoms with Crippen LogP contribution in [0.1, 0.15) is 52.4 Å². The van der Waals surface area contributed by atoms with E-state index < -0.39 is 0 Å². The van der Waals surface area contributed by atoms with Gasteiger partial charge in [0.15, 0.2) is 0 Å². The van der Waals surface area contributed by atoms with Gasteiger partial charge in [0.1, 0.15) is 0 Å². The van der Waals surface area contributed by atoms with E-state index >= 15 is 0 Å². The molecule has 0 radical (unpaired) electrons. The highest BCUT2D eigenvalue weighted by Gasteiger charge is 2.27. The van der Waals surface area contributed by atoms with Crippen LogP contribution >= 0.6 is 0 Å². The van der Waals surface area contributed by atoms with Gasteiger partial charge in [-0.15, -0.1) is 0 Å². The van der Waals surface area contributed by atoms with E-state index in [-0.39, 0.29) is 0 Å². The minimum Gasteiger partial charge on any atom is -0.313 e. The number of hydrogen-bond acceptors (Lipinski definition) is 3. The van der Waals surface area contributed by atoms with Crippen molar-refractivity contribution in [2.24, 2.45) is 5.92 Å². The first-order valence-electron chi connectivity index (χ1n) is 8.86. The normalized spacial score (nSPS) is 29.2. The summed E-state index contributed by atoms with van der Waals surface area (Å²) in [4.78, 5) is 5.24. The molecule has 2 fully saturated rings. The lowest BCUT2D eigenvalue weighted by Crippen LogP contribution is -2.49. The van der Waals surface area contributed by atoms with Crippen LogP contribution in [0.3, 0.4) is 0 Å². The van der Waals surface area contributed by atoms with Crippen molar-refractivity contribution in [2.75, 3.05) is 39.8 Å². The first-order chi connectivity index (χ1) is 9.70. The lowest BCUT2D eigenvalue weighted by atomic mass is 9.83. The molecule has 2 rings (SSSR count). The second-order valence-electron chi connectivity index (χ2n) is 7.02. The van der Waals surface area contributed by atoms with Gasteiger partial charge in [0.2, 0.25) is 0 Å². The van der Waals surface area contributed by atoms with Crippen molar-refractivity contribution >= 4 is 0 Å². The van der Waals surface area contributed by atoms with E-state index in [9.17, 15) is 0 Å². The Kier molecular flexibility index (Phi) is 6.79. The number of nitrogens with zero attached hydrogens (tertiary/aromatic N) is 2. The van der Waals surface area contributed by atoms with Gasteiger partial charge in [0.05, 0.1) is 0 Å². The van der Waals surface area contributed by atoms with Crippen LogP contribution in [0.2, 0.25) is 0 Å². The molecule has 20 heavy (non-hydrogen) atoms. The van der Waals surface area contributed by atoms with Crippen molar-refractivity contribution in [2.45, 2.75) is 64.5 Å². The molecule has 3 nitrogen and oxygen atoms in total. The summed E-state index contributed by atoms with van der Waals surface area (Å²) in [6.07, 6.45) is 8.57. The maximum Gasteiger partial charge on any atom is 0.0223 e. The zero-order valence-electron chi connectivity index (χ0n) is 13.9. The topological polar surface area (TPSA) is 18.5 Å². The van der Waals surface area contributed by atoms with E-state index in [1.165, 1.54) is 64.7 Å². The fourth-order valence-corrected chi connectivity index (χ4v) is 4.12. The molecule has 0 amide bonds. The Morgan fingerprint density at radius 1 is 1.10 bits per heavy atom. The predicted molar refractivity (Wildman–Crippen MR) is 87.2 cm³/mol. The van der Waals surface area contributed by atoms with Gasteiger partial charge in [0.25, 0.3) is 0 Å². The fraction of sp³-hybridized carbons (Fsp3) is 1.00. The highest BCUT2D eigenvalue weighted by atomic mass is 15.2. The van der Waals surface area contributed by atoms with Gasteiger partial charge in [-0.25, -0.2) is 0 Å². The summed E-state index contributed by atoms with van der Waals surface area (Å²) in [5, 5.41) is 3.80. The largest absolute Gasteiger partial charge is 0.313 e. The van der Waals surface area contributed by atoms with Crippen molar-refractivity contribution in [3.63, 3.8) is 0 Å². The van der Waals surface area contributed by atoms with Gasteiger partial charge in [0, 0.05) is 25.2 Å². The molecule has 1 saturated heterocycles. The minimum atomic E-state index is 0.701. The third-order valence-electron chi connectivity index (χ3n) is 5.30. The number of rotatable bonds is 5. The average Bonchev–Trinajstić information content (AvgIpc) is 2.60. The molecule has 0 aromatic rings. The molecule has 1 N–H and O–H groups in total. The average molecular weight is 281 g/mol. The van der Waals surface area contributed by atoms with Crippen molar-refractivity contribution < 1.29 is 0 Å². The highest BCUT2D eigenvalue weighted by molar-refractivity contribution is 4.85. The molecule has 2 unspecified atom stereocenters. The van der Waals surface area contributed by atoms with Crippen LogP contribution in [-0.4, -0.2) is 61.7 Å². The molecule has 2 aliphatic rings. The van der Waals surface area contributed by atoms with Crippen LogP contribution in [0.4, 0.5) is 0 Å². The van der Waals surface area contributed by atoms with E-state index in [0.29, 0.717) is 12.1 Å². The maximum atomic E-state index is 3.80. The quantitative estimate of drug-likeness (QED) is 0.835. The van der Waals surface area contributed by atoms with Crippen LogP contribution in [0.5, 0.6) is 0 Å². The molecular formula is C17H35N3. The Balaban J connectivity index is 1.91. The van der Waals surface area contributed by atoms with Gasteiger partial charge in [-0.05, 0) is 58.8 Å². The van der Waals surface area contributed by atoms with Gasteiger partial charge < -0.3 is 10.2 Å². The zero-order chi connectivity index (χ0) is 14.4. The Morgan fingerprint density at radius 2 is 1.85 bits per heavy atom. The maximum absolute atomic E-state index is 3.80. The van der Waals surface area contributed by atoms with Crippen LogP contribution in [0.15, 0.2) is 0 Å². The first-order valence-corrected chi connectivity index (χ1v) is 8.86. The van der Waals surface area contributed by atoms with Crippen LogP contribution < -0.4 is 5.32 Å². The van der Waals surface area contributed by atoms with E-state index in [1.54, 1.807) is 0 Å². The summed E-state index contributed by atoms with van der Waals surface area (Å²) in [6.45, 7) is 10.8. The summed E-state index contributed by atoms with van der Waals surface area (Å²) in [7, 11) is 2.27. The smallest absolute Gasteiger partial charge is 0.0223 e. The van der Waals surface area contributed by atoms with Crippen molar-refractivity contribution in [3.8, 4) is 0 Å². The second kappa shape index (κ2) is 8.35. The van der Waals surface area contributed by atoms with Crippen molar-refractivity contribution in [1.29, 1.82) is 0 Å². The van der Waals surface area contributed by atoms with Crippen molar-refractivity contribution in [3.05, 3.63) is 0 Å². The Morgan fingerprint density at radius 3 is 2.55 bits per heavy atom. The standard InChI is InChI=1S/C17H35N3/c1-4-18-17(16-9-6-5-7-10-16)14-20-12-8-11-19(3)13-15(20)2/h15-18H,4-14H2,1-3H3. The SMILES string of the molecule is CCNC(CN1CCCN(C)CC1C)C1CCCCC1. The lowest BCUT2D eigenvalue weighted by molar-refractivity contribution is 0.149. The lowest BCUT2D eigenvalue weighted by Gasteiger charge is -2.37. The molecule has 1 heterocycles. The third kappa shape index (κ3) is 4.71. The van der Waals surface area contributed by atoms with Gasteiger partial charge >= 0.3 is 0 Å². The van der Waals surface area contributed by atoms with E-state index in [0.717, 1.165) is 12.5 Å². The molecule has 0 spiro atoms.